The Balaban J connectivity index is 1.62. The van der Waals surface area contributed by atoms with Gasteiger partial charge in [0.15, 0.2) is 0 Å². The minimum Gasteiger partial charge on any atom is -0.493 e. The number of nitrogens with one attached hydrogen (secondary N) is 1. The van der Waals surface area contributed by atoms with Gasteiger partial charge in [-0.3, -0.25) is 4.98 Å². The number of nitrogens with zero attached hydrogens (tertiary/aromatic N) is 1. The Labute approximate surface area is 114 Å². The molecular weight excluding hydrogens is 236 g/mol. The van der Waals surface area contributed by atoms with Crippen LogP contribution in [0.2, 0.25) is 0 Å². The monoisotopic (exact) mass is 256 g/mol. The number of aromatic nitrogens is 1. The van der Waals surface area contributed by atoms with Crippen molar-refractivity contribution in [2.75, 3.05) is 13.2 Å². The summed E-state index contributed by atoms with van der Waals surface area (Å²) in [5.74, 6) is 0.946. The molecule has 1 aliphatic heterocycles. The number of pyridine rings is 1. The van der Waals surface area contributed by atoms with Crippen molar-refractivity contribution in [3.63, 3.8) is 0 Å². The standard InChI is InChI=1S/C16H20N2O/c1-2-10-17-13(5-1)9-12-19-16-8-3-7-15-14(16)6-4-11-18-15/h3-4,6-8,11,13,17H,1-2,5,9-10,12H2. The summed E-state index contributed by atoms with van der Waals surface area (Å²) in [7, 11) is 0. The maximum absolute atomic E-state index is 5.94. The summed E-state index contributed by atoms with van der Waals surface area (Å²) in [6.07, 6.45) is 6.83. The Bertz CT molecular complexity index is 530. The van der Waals surface area contributed by atoms with Gasteiger partial charge in [0.1, 0.15) is 5.75 Å². The number of piperidine rings is 1. The molecule has 1 saturated heterocycles. The molecule has 1 aliphatic rings. The van der Waals surface area contributed by atoms with E-state index in [1.165, 1.54) is 19.3 Å². The molecule has 1 aromatic carbocycles. The van der Waals surface area contributed by atoms with E-state index >= 15 is 0 Å². The van der Waals surface area contributed by atoms with Gasteiger partial charge >= 0.3 is 0 Å². The van der Waals surface area contributed by atoms with Crippen molar-refractivity contribution < 1.29 is 4.74 Å². The first kappa shape index (κ1) is 12.4. The second kappa shape index (κ2) is 6.02. The maximum atomic E-state index is 5.94. The number of fused-ring (bicyclic) bond motifs is 1. The van der Waals surface area contributed by atoms with Gasteiger partial charge in [-0.1, -0.05) is 12.5 Å². The molecule has 100 valence electrons. The molecule has 1 fully saturated rings. The van der Waals surface area contributed by atoms with E-state index < -0.39 is 0 Å². The highest BCUT2D eigenvalue weighted by Crippen LogP contribution is 2.24. The predicted octanol–water partition coefficient (Wildman–Crippen LogP) is 3.15. The quantitative estimate of drug-likeness (QED) is 0.912. The normalized spacial score (nSPS) is 19.5. The van der Waals surface area contributed by atoms with Gasteiger partial charge in [-0.15, -0.1) is 0 Å². The number of ether oxygens (including phenoxy) is 1. The van der Waals surface area contributed by atoms with Gasteiger partial charge in [-0.05, 0) is 50.1 Å². The first-order valence-corrected chi connectivity index (χ1v) is 7.13. The van der Waals surface area contributed by atoms with E-state index in [-0.39, 0.29) is 0 Å². The molecule has 3 heteroatoms. The third kappa shape index (κ3) is 3.04. The summed E-state index contributed by atoms with van der Waals surface area (Å²) in [5, 5.41) is 4.65. The van der Waals surface area contributed by atoms with Crippen LogP contribution in [0.5, 0.6) is 5.75 Å². The lowest BCUT2D eigenvalue weighted by molar-refractivity contribution is 0.270. The summed E-state index contributed by atoms with van der Waals surface area (Å²) in [6.45, 7) is 1.93. The largest absolute Gasteiger partial charge is 0.493 e. The third-order valence-corrected chi connectivity index (χ3v) is 3.74. The highest BCUT2D eigenvalue weighted by atomic mass is 16.5. The van der Waals surface area contributed by atoms with E-state index in [9.17, 15) is 0 Å². The average molecular weight is 256 g/mol. The molecule has 0 bridgehead atoms. The minimum absolute atomic E-state index is 0.627. The van der Waals surface area contributed by atoms with Crippen LogP contribution in [0.15, 0.2) is 36.5 Å². The molecule has 1 unspecified atom stereocenters. The van der Waals surface area contributed by atoms with Crippen LogP contribution in [0.25, 0.3) is 10.9 Å². The van der Waals surface area contributed by atoms with E-state index in [1.807, 2.05) is 30.5 Å². The highest BCUT2D eigenvalue weighted by Gasteiger charge is 2.12. The van der Waals surface area contributed by atoms with Crippen molar-refractivity contribution in [1.82, 2.24) is 10.3 Å². The molecule has 1 aromatic heterocycles. The van der Waals surface area contributed by atoms with Crippen molar-refractivity contribution in [1.29, 1.82) is 0 Å². The molecule has 1 atom stereocenters. The zero-order valence-corrected chi connectivity index (χ0v) is 11.1. The lowest BCUT2D eigenvalue weighted by Gasteiger charge is -2.23. The second-order valence-electron chi connectivity index (χ2n) is 5.11. The summed E-state index contributed by atoms with van der Waals surface area (Å²) >= 11 is 0. The molecule has 0 amide bonds. The van der Waals surface area contributed by atoms with Gasteiger partial charge in [0.2, 0.25) is 0 Å². The first-order valence-electron chi connectivity index (χ1n) is 7.13. The predicted molar refractivity (Wildman–Crippen MR) is 77.5 cm³/mol. The fraction of sp³-hybridized carbons (Fsp3) is 0.438. The minimum atomic E-state index is 0.627. The van der Waals surface area contributed by atoms with Crippen LogP contribution in [0, 0.1) is 0 Å². The van der Waals surface area contributed by atoms with E-state index in [2.05, 4.69) is 16.4 Å². The molecule has 1 N–H and O–H groups in total. The average Bonchev–Trinajstić information content (AvgIpc) is 2.49. The van der Waals surface area contributed by atoms with Crippen LogP contribution in [0.1, 0.15) is 25.7 Å². The van der Waals surface area contributed by atoms with Crippen LogP contribution >= 0.6 is 0 Å². The van der Waals surface area contributed by atoms with Crippen LogP contribution in [0.3, 0.4) is 0 Å². The second-order valence-corrected chi connectivity index (χ2v) is 5.11. The number of rotatable bonds is 4. The lowest BCUT2D eigenvalue weighted by Crippen LogP contribution is -2.35. The molecule has 2 heterocycles. The van der Waals surface area contributed by atoms with Gasteiger partial charge in [0.05, 0.1) is 12.1 Å². The Kier molecular flexibility index (Phi) is 3.94. The molecule has 3 nitrogen and oxygen atoms in total. The molecule has 19 heavy (non-hydrogen) atoms. The number of benzene rings is 1. The number of hydrogen-bond acceptors (Lipinski definition) is 3. The van der Waals surface area contributed by atoms with Crippen LogP contribution in [-0.2, 0) is 0 Å². The summed E-state index contributed by atoms with van der Waals surface area (Å²) in [6, 6.07) is 10.7. The summed E-state index contributed by atoms with van der Waals surface area (Å²) in [4.78, 5) is 4.35. The smallest absolute Gasteiger partial charge is 0.128 e. The Morgan fingerprint density at radius 3 is 3.11 bits per heavy atom. The first-order chi connectivity index (χ1) is 9.43. The van der Waals surface area contributed by atoms with Gasteiger partial charge < -0.3 is 10.1 Å². The fourth-order valence-corrected chi connectivity index (χ4v) is 2.68. The van der Waals surface area contributed by atoms with Crippen LogP contribution < -0.4 is 10.1 Å². The molecule has 0 saturated carbocycles. The SMILES string of the molecule is c1cc(OCCC2CCCCN2)c2cccnc2c1. The molecular formula is C16H20N2O. The van der Waals surface area contributed by atoms with E-state index in [0.29, 0.717) is 6.04 Å². The molecule has 2 aromatic rings. The van der Waals surface area contributed by atoms with E-state index in [4.69, 9.17) is 4.74 Å². The number of hydrogen-bond donors (Lipinski definition) is 1. The Hall–Kier alpha value is -1.61. The molecule has 3 rings (SSSR count). The lowest BCUT2D eigenvalue weighted by atomic mass is 10.0. The van der Waals surface area contributed by atoms with Gasteiger partial charge in [0, 0.05) is 17.6 Å². The summed E-state index contributed by atoms with van der Waals surface area (Å²) < 4.78 is 5.94. The molecule has 0 aliphatic carbocycles. The van der Waals surface area contributed by atoms with Crippen LogP contribution in [-0.4, -0.2) is 24.2 Å². The van der Waals surface area contributed by atoms with E-state index in [0.717, 1.165) is 36.2 Å². The fourth-order valence-electron chi connectivity index (χ4n) is 2.68. The Morgan fingerprint density at radius 1 is 1.21 bits per heavy atom. The highest BCUT2D eigenvalue weighted by molar-refractivity contribution is 5.84. The third-order valence-electron chi connectivity index (χ3n) is 3.74. The van der Waals surface area contributed by atoms with Crippen molar-refractivity contribution in [3.05, 3.63) is 36.5 Å². The molecule has 0 spiro atoms. The van der Waals surface area contributed by atoms with Crippen molar-refractivity contribution in [3.8, 4) is 5.75 Å². The van der Waals surface area contributed by atoms with Crippen molar-refractivity contribution in [2.24, 2.45) is 0 Å². The van der Waals surface area contributed by atoms with E-state index in [1.54, 1.807) is 0 Å². The van der Waals surface area contributed by atoms with Crippen molar-refractivity contribution >= 4 is 10.9 Å². The van der Waals surface area contributed by atoms with Gasteiger partial charge in [0.25, 0.3) is 0 Å². The van der Waals surface area contributed by atoms with Crippen LogP contribution in [0.4, 0.5) is 0 Å². The summed E-state index contributed by atoms with van der Waals surface area (Å²) in [5.41, 5.74) is 0.996. The zero-order valence-electron chi connectivity index (χ0n) is 11.1. The van der Waals surface area contributed by atoms with Gasteiger partial charge in [-0.2, -0.15) is 0 Å². The maximum Gasteiger partial charge on any atom is 0.128 e. The van der Waals surface area contributed by atoms with Crippen molar-refractivity contribution in [2.45, 2.75) is 31.7 Å². The topological polar surface area (TPSA) is 34.1 Å². The zero-order chi connectivity index (χ0) is 12.9. The molecule has 0 radical (unpaired) electrons. The van der Waals surface area contributed by atoms with Gasteiger partial charge in [-0.25, -0.2) is 0 Å². The Morgan fingerprint density at radius 2 is 2.21 bits per heavy atom.